The Labute approximate surface area is 155 Å². The monoisotopic (exact) mass is 377 g/mol. The molecular weight excluding hydrogens is 354 g/mol. The molecule has 9 nitrogen and oxygen atoms in total. The summed E-state index contributed by atoms with van der Waals surface area (Å²) in [7, 11) is 0. The Kier molecular flexibility index (Phi) is 4.65. The predicted molar refractivity (Wildman–Crippen MR) is 93.7 cm³/mol. The lowest BCUT2D eigenvalue weighted by atomic mass is 10.1. The van der Waals surface area contributed by atoms with E-state index in [1.54, 1.807) is 4.90 Å². The molecule has 0 bridgehead atoms. The van der Waals surface area contributed by atoms with Crippen LogP contribution < -0.4 is 10.7 Å². The quantitative estimate of drug-likeness (QED) is 0.770. The van der Waals surface area contributed by atoms with Gasteiger partial charge in [-0.1, -0.05) is 0 Å². The molecule has 27 heavy (non-hydrogen) atoms. The standard InChI is InChI=1S/C18H23N3O6/c1-10-4-6-27-13-9-20-8-12(17(24)19-7-11-3-2-5-26-11)15(22)16(23)14(20)18(25)21(10)13/h8,10-11,13,23H,2-7,9H2,1H3,(H,19,24)/t10-,11+,13+/m1/s1. The first-order valence-electron chi connectivity index (χ1n) is 9.28. The van der Waals surface area contributed by atoms with E-state index in [0.29, 0.717) is 26.2 Å². The highest BCUT2D eigenvalue weighted by atomic mass is 16.5. The molecule has 2 saturated heterocycles. The van der Waals surface area contributed by atoms with Crippen molar-refractivity contribution in [3.05, 3.63) is 27.7 Å². The number of amides is 2. The number of ether oxygens (including phenoxy) is 2. The van der Waals surface area contributed by atoms with Gasteiger partial charge in [-0.2, -0.15) is 0 Å². The average molecular weight is 377 g/mol. The third-order valence-electron chi connectivity index (χ3n) is 5.44. The summed E-state index contributed by atoms with van der Waals surface area (Å²) in [6.45, 7) is 3.67. The Bertz CT molecular complexity index is 829. The topological polar surface area (TPSA) is 110 Å². The van der Waals surface area contributed by atoms with Gasteiger partial charge in [0.1, 0.15) is 5.56 Å². The lowest BCUT2D eigenvalue weighted by Gasteiger charge is -2.44. The number of hydrogen-bond donors (Lipinski definition) is 2. The van der Waals surface area contributed by atoms with Crippen LogP contribution >= 0.6 is 0 Å². The number of carbonyl (C=O) groups excluding carboxylic acids is 2. The first-order chi connectivity index (χ1) is 13.0. The van der Waals surface area contributed by atoms with E-state index < -0.39 is 29.2 Å². The largest absolute Gasteiger partial charge is 0.503 e. The molecule has 2 amide bonds. The molecule has 9 heteroatoms. The highest BCUT2D eigenvalue weighted by Gasteiger charge is 2.41. The summed E-state index contributed by atoms with van der Waals surface area (Å²) in [5.74, 6) is -1.74. The zero-order valence-electron chi connectivity index (χ0n) is 15.1. The first kappa shape index (κ1) is 18.0. The van der Waals surface area contributed by atoms with Gasteiger partial charge >= 0.3 is 0 Å². The molecule has 0 aliphatic carbocycles. The molecule has 3 atom stereocenters. The number of fused-ring (bicyclic) bond motifs is 2. The van der Waals surface area contributed by atoms with Crippen LogP contribution in [0.5, 0.6) is 5.75 Å². The maximum absolute atomic E-state index is 12.8. The van der Waals surface area contributed by atoms with E-state index >= 15 is 0 Å². The lowest BCUT2D eigenvalue weighted by molar-refractivity contribution is -0.112. The average Bonchev–Trinajstić information content (AvgIpc) is 3.16. The number of nitrogens with zero attached hydrogens (tertiary/aromatic N) is 2. The van der Waals surface area contributed by atoms with E-state index in [4.69, 9.17) is 9.47 Å². The maximum atomic E-state index is 12.8. The van der Waals surface area contributed by atoms with Crippen LogP contribution in [-0.4, -0.2) is 64.5 Å². The summed E-state index contributed by atoms with van der Waals surface area (Å²) in [4.78, 5) is 39.3. The molecule has 3 aliphatic heterocycles. The highest BCUT2D eigenvalue weighted by molar-refractivity contribution is 5.99. The van der Waals surface area contributed by atoms with Crippen LogP contribution in [0.4, 0.5) is 0 Å². The van der Waals surface area contributed by atoms with E-state index in [0.717, 1.165) is 12.8 Å². The van der Waals surface area contributed by atoms with Crippen LogP contribution in [0, 0.1) is 0 Å². The summed E-state index contributed by atoms with van der Waals surface area (Å²) in [5.41, 5.74) is -1.13. The molecule has 4 rings (SSSR count). The number of carbonyl (C=O) groups is 2. The van der Waals surface area contributed by atoms with Crippen molar-refractivity contribution in [3.8, 4) is 5.75 Å². The third kappa shape index (κ3) is 3.10. The second-order valence-corrected chi connectivity index (χ2v) is 7.24. The highest BCUT2D eigenvalue weighted by Crippen LogP contribution is 2.29. The van der Waals surface area contributed by atoms with E-state index in [-0.39, 0.29) is 29.9 Å². The summed E-state index contributed by atoms with van der Waals surface area (Å²) in [6, 6.07) is -0.0473. The number of rotatable bonds is 3. The van der Waals surface area contributed by atoms with Gasteiger partial charge in [0, 0.05) is 25.4 Å². The molecule has 3 aliphatic rings. The molecular formula is C18H23N3O6. The van der Waals surface area contributed by atoms with Crippen LogP contribution in [0.3, 0.4) is 0 Å². The van der Waals surface area contributed by atoms with Gasteiger partial charge < -0.3 is 29.4 Å². The van der Waals surface area contributed by atoms with Crippen LogP contribution in [0.1, 0.15) is 47.0 Å². The summed E-state index contributed by atoms with van der Waals surface area (Å²) < 4.78 is 12.6. The molecule has 2 fully saturated rings. The van der Waals surface area contributed by atoms with Crippen LogP contribution in [-0.2, 0) is 16.0 Å². The Hall–Kier alpha value is -2.39. The molecule has 146 valence electrons. The number of hydrogen-bond acceptors (Lipinski definition) is 6. The molecule has 0 unspecified atom stereocenters. The predicted octanol–water partition coefficient (Wildman–Crippen LogP) is 0.0534. The van der Waals surface area contributed by atoms with E-state index in [2.05, 4.69) is 5.32 Å². The lowest BCUT2D eigenvalue weighted by Crippen LogP contribution is -2.57. The SMILES string of the molecule is C[C@@H]1CCO[C@H]2Cn3cc(C(=O)NC[C@@H]4CCCO4)c(=O)c(O)c3C(=O)N12. The molecule has 0 aromatic carbocycles. The minimum atomic E-state index is -0.844. The van der Waals surface area contributed by atoms with Crippen molar-refractivity contribution in [2.75, 3.05) is 19.8 Å². The van der Waals surface area contributed by atoms with Crippen LogP contribution in [0.15, 0.2) is 11.0 Å². The van der Waals surface area contributed by atoms with E-state index in [9.17, 15) is 19.5 Å². The van der Waals surface area contributed by atoms with Gasteiger partial charge in [0.25, 0.3) is 11.8 Å². The van der Waals surface area contributed by atoms with Crippen molar-refractivity contribution in [2.45, 2.75) is 51.1 Å². The van der Waals surface area contributed by atoms with Crippen molar-refractivity contribution < 1.29 is 24.2 Å². The second-order valence-electron chi connectivity index (χ2n) is 7.24. The summed E-state index contributed by atoms with van der Waals surface area (Å²) in [5, 5.41) is 13.0. The fourth-order valence-corrected chi connectivity index (χ4v) is 3.93. The first-order valence-corrected chi connectivity index (χ1v) is 9.28. The van der Waals surface area contributed by atoms with Gasteiger partial charge in [-0.05, 0) is 26.2 Å². The number of pyridine rings is 1. The maximum Gasteiger partial charge on any atom is 0.276 e. The van der Waals surface area contributed by atoms with Gasteiger partial charge in [0.2, 0.25) is 5.43 Å². The van der Waals surface area contributed by atoms with Crippen molar-refractivity contribution in [1.82, 2.24) is 14.8 Å². The molecule has 1 aromatic heterocycles. The summed E-state index contributed by atoms with van der Waals surface area (Å²) in [6.07, 6.45) is 3.29. The Balaban J connectivity index is 1.63. The van der Waals surface area contributed by atoms with Gasteiger partial charge in [-0.25, -0.2) is 0 Å². The molecule has 4 heterocycles. The van der Waals surface area contributed by atoms with Crippen LogP contribution in [0.2, 0.25) is 0 Å². The molecule has 2 N–H and O–H groups in total. The Morgan fingerprint density at radius 1 is 1.30 bits per heavy atom. The molecule has 0 saturated carbocycles. The smallest absolute Gasteiger partial charge is 0.276 e. The number of aromatic hydroxyl groups is 1. The van der Waals surface area contributed by atoms with Crippen molar-refractivity contribution in [2.24, 2.45) is 0 Å². The van der Waals surface area contributed by atoms with Gasteiger partial charge in [-0.3, -0.25) is 14.4 Å². The minimum Gasteiger partial charge on any atom is -0.503 e. The fraction of sp³-hybridized carbons (Fsp3) is 0.611. The Morgan fingerprint density at radius 2 is 2.11 bits per heavy atom. The minimum absolute atomic E-state index is 0.0473. The Morgan fingerprint density at radius 3 is 2.85 bits per heavy atom. The molecule has 1 aromatic rings. The van der Waals surface area contributed by atoms with E-state index in [1.165, 1.54) is 10.8 Å². The number of nitrogens with one attached hydrogen (secondary N) is 1. The fourth-order valence-electron chi connectivity index (χ4n) is 3.93. The van der Waals surface area contributed by atoms with Crippen molar-refractivity contribution >= 4 is 11.8 Å². The van der Waals surface area contributed by atoms with Crippen LogP contribution in [0.25, 0.3) is 0 Å². The second kappa shape index (κ2) is 6.97. The third-order valence-corrected chi connectivity index (χ3v) is 5.44. The van der Waals surface area contributed by atoms with Gasteiger partial charge in [-0.15, -0.1) is 0 Å². The molecule has 0 spiro atoms. The van der Waals surface area contributed by atoms with E-state index in [1.807, 2.05) is 6.92 Å². The molecule has 0 radical (unpaired) electrons. The van der Waals surface area contributed by atoms with Gasteiger partial charge in [0.05, 0.1) is 19.3 Å². The van der Waals surface area contributed by atoms with Crippen molar-refractivity contribution in [1.29, 1.82) is 0 Å². The number of aromatic nitrogens is 1. The summed E-state index contributed by atoms with van der Waals surface area (Å²) >= 11 is 0. The zero-order valence-corrected chi connectivity index (χ0v) is 15.1. The van der Waals surface area contributed by atoms with Gasteiger partial charge in [0.15, 0.2) is 17.7 Å². The normalized spacial score (nSPS) is 27.2. The van der Waals surface area contributed by atoms with Crippen molar-refractivity contribution in [3.63, 3.8) is 0 Å². The zero-order chi connectivity index (χ0) is 19.1.